The van der Waals surface area contributed by atoms with E-state index in [0.29, 0.717) is 34.6 Å². The Morgan fingerprint density at radius 2 is 1.19 bits per heavy atom. The highest BCUT2D eigenvalue weighted by molar-refractivity contribution is 5.92. The highest BCUT2D eigenvalue weighted by Crippen LogP contribution is 2.40. The van der Waals surface area contributed by atoms with Gasteiger partial charge in [0.05, 0.1) is 20.8 Å². The predicted molar refractivity (Wildman–Crippen MR) is 258 cm³/mol. The molecule has 1 aliphatic rings. The highest BCUT2D eigenvalue weighted by Gasteiger charge is 2.38. The molecule has 0 unspecified atom stereocenters. The Morgan fingerprint density at radius 1 is 0.629 bits per heavy atom. The van der Waals surface area contributed by atoms with Crippen LogP contribution < -0.4 is 4.74 Å². The van der Waals surface area contributed by atoms with Gasteiger partial charge in [0, 0.05) is 22.3 Å². The largest absolute Gasteiger partial charge is 0.492 e. The molecule has 0 atom stereocenters. The summed E-state index contributed by atoms with van der Waals surface area (Å²) in [6.07, 6.45) is 8.92. The lowest BCUT2D eigenvalue weighted by Gasteiger charge is -2.32. The van der Waals surface area contributed by atoms with Gasteiger partial charge in [-0.2, -0.15) is 0 Å². The molecule has 70 heavy (non-hydrogen) atoms. The first-order valence-electron chi connectivity index (χ1n) is 23.9. The number of ether oxygens (including phenoxy) is 7. The van der Waals surface area contributed by atoms with Gasteiger partial charge in [-0.15, -0.1) is 0 Å². The summed E-state index contributed by atoms with van der Waals surface area (Å²) in [5.41, 5.74) is 1.81. The maximum absolute atomic E-state index is 16.5. The summed E-state index contributed by atoms with van der Waals surface area (Å²) in [6, 6.07) is 14.2. The van der Waals surface area contributed by atoms with E-state index in [2.05, 4.69) is 29.6 Å². The van der Waals surface area contributed by atoms with E-state index >= 15 is 8.78 Å². The van der Waals surface area contributed by atoms with E-state index in [4.69, 9.17) is 23.7 Å². The summed E-state index contributed by atoms with van der Waals surface area (Å²) in [7, 11) is 2.17. The minimum Gasteiger partial charge on any atom is -0.492 e. The van der Waals surface area contributed by atoms with Gasteiger partial charge in [-0.3, -0.25) is 19.2 Å². The summed E-state index contributed by atoms with van der Waals surface area (Å²) in [5, 5.41) is 0. The highest BCUT2D eigenvalue weighted by atomic mass is 19.2. The number of esters is 6. The third-order valence-corrected chi connectivity index (χ3v) is 12.5. The second-order valence-electron chi connectivity index (χ2n) is 18.1. The van der Waals surface area contributed by atoms with E-state index in [1.165, 1.54) is 57.9 Å². The molecule has 0 N–H and O–H groups in total. The van der Waals surface area contributed by atoms with E-state index in [-0.39, 0.29) is 47.5 Å². The van der Waals surface area contributed by atoms with Crippen LogP contribution in [0.2, 0.25) is 0 Å². The van der Waals surface area contributed by atoms with Crippen molar-refractivity contribution in [3.05, 3.63) is 101 Å². The van der Waals surface area contributed by atoms with Crippen LogP contribution in [0.3, 0.4) is 0 Å². The third-order valence-electron chi connectivity index (χ3n) is 12.5. The molecule has 0 aromatic heterocycles. The van der Waals surface area contributed by atoms with Crippen LogP contribution in [-0.4, -0.2) is 83.1 Å². The number of carbonyl (C=O) groups excluding carboxylic acids is 6. The molecule has 0 heterocycles. The Bertz CT molecular complexity index is 2290. The zero-order valence-electron chi connectivity index (χ0n) is 41.5. The lowest BCUT2D eigenvalue weighted by Crippen LogP contribution is -2.44. The number of halogens is 2. The topological polar surface area (TPSA) is 167 Å². The molecule has 1 saturated carbocycles. The molecule has 3 aromatic carbocycles. The van der Waals surface area contributed by atoms with Crippen molar-refractivity contribution in [2.45, 2.75) is 117 Å². The number of hydrogen-bond donors (Lipinski definition) is 0. The van der Waals surface area contributed by atoms with Crippen molar-refractivity contribution in [1.29, 1.82) is 0 Å². The maximum Gasteiger partial charge on any atom is 0.333 e. The zero-order valence-corrected chi connectivity index (χ0v) is 41.5. The van der Waals surface area contributed by atoms with Gasteiger partial charge in [0.2, 0.25) is 0 Å². The van der Waals surface area contributed by atoms with Gasteiger partial charge >= 0.3 is 35.8 Å². The monoisotopic (exact) mass is 974 g/mol. The lowest BCUT2D eigenvalue weighted by atomic mass is 9.77. The number of aryl methyl sites for hydroxylation is 2. The average molecular weight is 975 g/mol. The van der Waals surface area contributed by atoms with E-state index in [9.17, 15) is 28.8 Å². The van der Waals surface area contributed by atoms with Gasteiger partial charge in [-0.1, -0.05) is 89.1 Å². The minimum atomic E-state index is -1.68. The number of rotatable bonds is 27. The molecule has 13 nitrogen and oxygen atoms in total. The number of unbranched alkanes of at least 4 members (excludes halogenated alkanes) is 2. The Balaban J connectivity index is 1.71. The fourth-order valence-corrected chi connectivity index (χ4v) is 8.25. The molecule has 0 amide bonds. The van der Waals surface area contributed by atoms with Crippen LogP contribution in [0.4, 0.5) is 8.78 Å². The molecule has 1 aliphatic carbocycles. The molecule has 4 rings (SSSR count). The molecule has 15 heteroatoms. The van der Waals surface area contributed by atoms with Crippen molar-refractivity contribution in [2.75, 3.05) is 47.3 Å². The summed E-state index contributed by atoms with van der Waals surface area (Å²) in [4.78, 5) is 74.3. The second-order valence-corrected chi connectivity index (χ2v) is 18.1. The van der Waals surface area contributed by atoms with Crippen LogP contribution in [0.1, 0.15) is 121 Å². The van der Waals surface area contributed by atoms with Crippen LogP contribution >= 0.6 is 0 Å². The SMILES string of the molecule is C=C(C)C(=O)OCCCc1cc(-c2ccc(-c3ccc(C4CCC(CCCCC)CC4)cc3)c(F)c2F)c(CC)cc1OCC(COC(=O)CC(=O)OC)(COC(=O)CC(=O)OC)COC(=O)C(=C)C. The Hall–Kier alpha value is -6.38. The van der Waals surface area contributed by atoms with Gasteiger partial charge in [0.15, 0.2) is 11.6 Å². The zero-order chi connectivity index (χ0) is 51.4. The van der Waals surface area contributed by atoms with Crippen LogP contribution in [0.25, 0.3) is 22.3 Å². The molecule has 3 aromatic rings. The Labute approximate surface area is 410 Å². The van der Waals surface area contributed by atoms with E-state index in [1.54, 1.807) is 24.3 Å². The smallest absolute Gasteiger partial charge is 0.333 e. The molecular weight excluding hydrogens is 907 g/mol. The quantitative estimate of drug-likeness (QED) is 0.0233. The van der Waals surface area contributed by atoms with E-state index < -0.39 is 92.1 Å². The fraction of sp³-hybridized carbons (Fsp3) is 0.491. The molecular formula is C55H68F2O13. The van der Waals surface area contributed by atoms with E-state index in [0.717, 1.165) is 33.0 Å². The third kappa shape index (κ3) is 16.6. The average Bonchev–Trinajstić information content (AvgIpc) is 3.35. The van der Waals surface area contributed by atoms with Gasteiger partial charge in [-0.05, 0) is 111 Å². The Kier molecular flexibility index (Phi) is 22.3. The number of hydrogen-bond acceptors (Lipinski definition) is 13. The standard InChI is InChI=1S/C55H68F2O13/c1-9-11-12-14-37-16-18-39(19-17-37)40-20-22-41(23-21-40)43-24-25-44(52(57)51(43)56)45-27-42(15-13-26-66-53(62)35(3)4)46(28-38(45)10-2)67-31-55(34-70-54(63)36(5)6,32-68-49(60)29-47(58)64-7)33-69-50(61)30-48(59)65-8/h20-25,27-28,37,39H,3,5,9-19,26,29-34H2,1-2,4,6-8H3. The summed E-state index contributed by atoms with van der Waals surface area (Å²) in [6.45, 7) is 11.8. The summed E-state index contributed by atoms with van der Waals surface area (Å²) >= 11 is 0. The fourth-order valence-electron chi connectivity index (χ4n) is 8.25. The number of methoxy groups -OCH3 is 2. The van der Waals surface area contributed by atoms with Crippen molar-refractivity contribution in [1.82, 2.24) is 0 Å². The summed E-state index contributed by atoms with van der Waals surface area (Å²) in [5.74, 6) is -5.88. The first kappa shape index (κ1) is 56.2. The first-order valence-corrected chi connectivity index (χ1v) is 23.9. The van der Waals surface area contributed by atoms with Crippen molar-refractivity contribution in [2.24, 2.45) is 11.3 Å². The van der Waals surface area contributed by atoms with Gasteiger partial charge in [0.1, 0.15) is 50.4 Å². The molecule has 380 valence electrons. The van der Waals surface area contributed by atoms with Crippen molar-refractivity contribution >= 4 is 35.8 Å². The van der Waals surface area contributed by atoms with Gasteiger partial charge in [0.25, 0.3) is 0 Å². The van der Waals surface area contributed by atoms with Crippen molar-refractivity contribution in [3.8, 4) is 28.0 Å². The van der Waals surface area contributed by atoms with Gasteiger partial charge in [-0.25, -0.2) is 18.4 Å². The first-order chi connectivity index (χ1) is 33.4. The van der Waals surface area contributed by atoms with Crippen LogP contribution in [-0.2, 0) is 70.0 Å². The number of carbonyl (C=O) groups is 6. The number of benzene rings is 3. The molecule has 1 fully saturated rings. The molecule has 0 radical (unpaired) electrons. The van der Waals surface area contributed by atoms with Gasteiger partial charge < -0.3 is 33.2 Å². The van der Waals surface area contributed by atoms with E-state index in [1.807, 2.05) is 31.2 Å². The van der Waals surface area contributed by atoms with Crippen LogP contribution in [0.5, 0.6) is 5.75 Å². The Morgan fingerprint density at radius 3 is 1.74 bits per heavy atom. The minimum absolute atomic E-state index is 0.00279. The molecule has 0 aliphatic heterocycles. The normalized spacial score (nSPS) is 14.5. The summed E-state index contributed by atoms with van der Waals surface area (Å²) < 4.78 is 70.2. The second kappa shape index (κ2) is 27.7. The van der Waals surface area contributed by atoms with Crippen molar-refractivity contribution < 1.29 is 70.7 Å². The van der Waals surface area contributed by atoms with Crippen molar-refractivity contribution in [3.63, 3.8) is 0 Å². The maximum atomic E-state index is 16.5. The predicted octanol–water partition coefficient (Wildman–Crippen LogP) is 10.5. The molecule has 0 bridgehead atoms. The lowest BCUT2D eigenvalue weighted by molar-refractivity contribution is -0.165. The van der Waals surface area contributed by atoms with Crippen LogP contribution in [0, 0.1) is 23.0 Å². The molecule has 0 spiro atoms. The molecule has 0 saturated heterocycles. The van der Waals surface area contributed by atoms with Crippen LogP contribution in [0.15, 0.2) is 72.8 Å².